The quantitative estimate of drug-likeness (QED) is 0.827. The molecule has 1 aliphatic heterocycles. The summed E-state index contributed by atoms with van der Waals surface area (Å²) in [5.74, 6) is 1.64. The maximum Gasteiger partial charge on any atom is 0.227 e. The molecule has 0 unspecified atom stereocenters. The molecule has 1 aromatic heterocycles. The van der Waals surface area contributed by atoms with Crippen LogP contribution in [0.25, 0.3) is 0 Å². The van der Waals surface area contributed by atoms with Gasteiger partial charge in [0.15, 0.2) is 0 Å². The van der Waals surface area contributed by atoms with Crippen LogP contribution in [-0.2, 0) is 11.2 Å². The van der Waals surface area contributed by atoms with Crippen molar-refractivity contribution in [3.8, 4) is 11.8 Å². The number of piperazine rings is 1. The van der Waals surface area contributed by atoms with Crippen molar-refractivity contribution >= 4 is 11.7 Å². The molecule has 0 bridgehead atoms. The molecule has 26 heavy (non-hydrogen) atoms. The van der Waals surface area contributed by atoms with Gasteiger partial charge in [-0.05, 0) is 36.8 Å². The minimum Gasteiger partial charge on any atom is -0.494 e. The van der Waals surface area contributed by atoms with E-state index in [1.807, 2.05) is 36.1 Å². The number of carbonyl (C=O) groups is 1. The Bertz CT molecular complexity index is 790. The van der Waals surface area contributed by atoms with Gasteiger partial charge in [-0.2, -0.15) is 5.26 Å². The van der Waals surface area contributed by atoms with Crippen molar-refractivity contribution in [3.63, 3.8) is 0 Å². The summed E-state index contributed by atoms with van der Waals surface area (Å²) in [6.45, 7) is 5.21. The predicted octanol–water partition coefficient (Wildman–Crippen LogP) is 2.24. The Hall–Kier alpha value is -3.07. The topological polar surface area (TPSA) is 69.5 Å². The van der Waals surface area contributed by atoms with E-state index < -0.39 is 0 Å². The second-order valence-corrected chi connectivity index (χ2v) is 6.11. The fourth-order valence-electron chi connectivity index (χ4n) is 3.06. The first kappa shape index (κ1) is 17.7. The molecule has 6 nitrogen and oxygen atoms in total. The molecule has 2 aromatic rings. The highest BCUT2D eigenvalue weighted by atomic mass is 16.5. The summed E-state index contributed by atoms with van der Waals surface area (Å²) in [6.07, 6.45) is 2.08. The van der Waals surface area contributed by atoms with Gasteiger partial charge in [-0.15, -0.1) is 0 Å². The van der Waals surface area contributed by atoms with E-state index in [1.54, 1.807) is 18.3 Å². The van der Waals surface area contributed by atoms with E-state index in [9.17, 15) is 10.1 Å². The maximum absolute atomic E-state index is 12.6. The molecule has 0 saturated carbocycles. The first-order valence-corrected chi connectivity index (χ1v) is 8.81. The minimum atomic E-state index is 0.121. The standard InChI is InChI=1S/C20H22N4O2/c1-2-26-18-7-5-16(6-8-18)14-19(25)23-10-12-24(13-11-23)20-17(15-21)4-3-9-22-20/h3-9H,2,10-14H2,1H3. The number of amides is 1. The monoisotopic (exact) mass is 350 g/mol. The number of ether oxygens (including phenoxy) is 1. The van der Waals surface area contributed by atoms with Gasteiger partial charge in [0.1, 0.15) is 17.6 Å². The van der Waals surface area contributed by atoms with Gasteiger partial charge in [0, 0.05) is 32.4 Å². The molecule has 0 aliphatic carbocycles. The third kappa shape index (κ3) is 4.12. The highest BCUT2D eigenvalue weighted by Crippen LogP contribution is 2.19. The van der Waals surface area contributed by atoms with Gasteiger partial charge in [-0.1, -0.05) is 12.1 Å². The average Bonchev–Trinajstić information content (AvgIpc) is 2.70. The Morgan fingerprint density at radius 1 is 1.19 bits per heavy atom. The molecule has 3 rings (SSSR count). The highest BCUT2D eigenvalue weighted by molar-refractivity contribution is 5.79. The number of nitriles is 1. The lowest BCUT2D eigenvalue weighted by molar-refractivity contribution is -0.130. The average molecular weight is 350 g/mol. The molecule has 6 heteroatoms. The summed E-state index contributed by atoms with van der Waals surface area (Å²) in [7, 11) is 0. The van der Waals surface area contributed by atoms with Crippen molar-refractivity contribution in [1.29, 1.82) is 5.26 Å². The van der Waals surface area contributed by atoms with E-state index in [4.69, 9.17) is 4.74 Å². The van der Waals surface area contributed by atoms with Crippen molar-refractivity contribution in [1.82, 2.24) is 9.88 Å². The summed E-state index contributed by atoms with van der Waals surface area (Å²) in [6, 6.07) is 13.4. The van der Waals surface area contributed by atoms with Crippen molar-refractivity contribution in [2.45, 2.75) is 13.3 Å². The molecule has 134 valence electrons. The number of rotatable bonds is 5. The number of benzene rings is 1. The Labute approximate surface area is 153 Å². The first-order chi connectivity index (χ1) is 12.7. The largest absolute Gasteiger partial charge is 0.494 e. The number of aromatic nitrogens is 1. The van der Waals surface area contributed by atoms with Crippen LogP contribution in [-0.4, -0.2) is 48.6 Å². The fourth-order valence-corrected chi connectivity index (χ4v) is 3.06. The summed E-state index contributed by atoms with van der Waals surface area (Å²) >= 11 is 0. The molecular formula is C20H22N4O2. The molecule has 2 heterocycles. The van der Waals surface area contributed by atoms with Gasteiger partial charge in [0.25, 0.3) is 0 Å². The number of nitrogens with zero attached hydrogens (tertiary/aromatic N) is 4. The zero-order chi connectivity index (χ0) is 18.4. The Morgan fingerprint density at radius 2 is 1.92 bits per heavy atom. The lowest BCUT2D eigenvalue weighted by Crippen LogP contribution is -2.49. The van der Waals surface area contributed by atoms with Crippen molar-refractivity contribution in [3.05, 3.63) is 53.7 Å². The van der Waals surface area contributed by atoms with E-state index >= 15 is 0 Å². The third-order valence-corrected chi connectivity index (χ3v) is 4.43. The summed E-state index contributed by atoms with van der Waals surface area (Å²) in [4.78, 5) is 20.8. The van der Waals surface area contributed by atoms with Crippen LogP contribution < -0.4 is 9.64 Å². The molecule has 1 fully saturated rings. The summed E-state index contributed by atoms with van der Waals surface area (Å²) < 4.78 is 5.43. The Balaban J connectivity index is 1.56. The smallest absolute Gasteiger partial charge is 0.227 e. The van der Waals surface area contributed by atoms with E-state index in [1.165, 1.54) is 0 Å². The van der Waals surface area contributed by atoms with Gasteiger partial charge in [-0.3, -0.25) is 4.79 Å². The van der Waals surface area contributed by atoms with Gasteiger partial charge in [0.2, 0.25) is 5.91 Å². The van der Waals surface area contributed by atoms with Crippen LogP contribution in [0.1, 0.15) is 18.1 Å². The second-order valence-electron chi connectivity index (χ2n) is 6.11. The first-order valence-electron chi connectivity index (χ1n) is 8.81. The molecule has 1 saturated heterocycles. The minimum absolute atomic E-state index is 0.121. The Kier molecular flexibility index (Phi) is 5.69. The second kappa shape index (κ2) is 8.34. The summed E-state index contributed by atoms with van der Waals surface area (Å²) in [5, 5.41) is 9.22. The SMILES string of the molecule is CCOc1ccc(CC(=O)N2CCN(c3ncccc3C#N)CC2)cc1. The lowest BCUT2D eigenvalue weighted by Gasteiger charge is -2.35. The molecule has 0 atom stereocenters. The number of carbonyl (C=O) groups excluding carboxylic acids is 1. The molecule has 1 amide bonds. The van der Waals surface area contributed by atoms with Crippen LogP contribution in [0, 0.1) is 11.3 Å². The van der Waals surface area contributed by atoms with Crippen LogP contribution >= 0.6 is 0 Å². The van der Waals surface area contributed by atoms with Crippen LogP contribution in [0.3, 0.4) is 0 Å². The van der Waals surface area contributed by atoms with Crippen LogP contribution in [0.4, 0.5) is 5.82 Å². The van der Waals surface area contributed by atoms with Crippen LogP contribution in [0.5, 0.6) is 5.75 Å². The Morgan fingerprint density at radius 3 is 2.58 bits per heavy atom. The zero-order valence-electron chi connectivity index (χ0n) is 14.9. The van der Waals surface area contributed by atoms with Gasteiger partial charge < -0.3 is 14.5 Å². The highest BCUT2D eigenvalue weighted by Gasteiger charge is 2.23. The molecular weight excluding hydrogens is 328 g/mol. The fraction of sp³-hybridized carbons (Fsp3) is 0.350. The zero-order valence-corrected chi connectivity index (χ0v) is 14.9. The molecule has 1 aromatic carbocycles. The molecule has 0 N–H and O–H groups in total. The summed E-state index contributed by atoms with van der Waals surface area (Å²) in [5.41, 5.74) is 1.55. The van der Waals surface area contributed by atoms with Gasteiger partial charge >= 0.3 is 0 Å². The van der Waals surface area contributed by atoms with Gasteiger partial charge in [-0.25, -0.2) is 4.98 Å². The molecule has 1 aliphatic rings. The molecule has 0 radical (unpaired) electrons. The van der Waals surface area contributed by atoms with E-state index in [0.717, 1.165) is 11.3 Å². The van der Waals surface area contributed by atoms with Crippen LogP contribution in [0.15, 0.2) is 42.6 Å². The number of pyridine rings is 1. The third-order valence-electron chi connectivity index (χ3n) is 4.43. The van der Waals surface area contributed by atoms with E-state index in [-0.39, 0.29) is 5.91 Å². The van der Waals surface area contributed by atoms with Gasteiger partial charge in [0.05, 0.1) is 18.6 Å². The number of hydrogen-bond acceptors (Lipinski definition) is 5. The number of anilines is 1. The normalized spacial score (nSPS) is 14.0. The van der Waals surface area contributed by atoms with Crippen molar-refractivity contribution < 1.29 is 9.53 Å². The lowest BCUT2D eigenvalue weighted by atomic mass is 10.1. The van der Waals surface area contributed by atoms with E-state index in [2.05, 4.69) is 16.0 Å². The van der Waals surface area contributed by atoms with Crippen molar-refractivity contribution in [2.24, 2.45) is 0 Å². The molecule has 0 spiro atoms. The van der Waals surface area contributed by atoms with E-state index in [0.29, 0.717) is 50.6 Å². The number of hydrogen-bond donors (Lipinski definition) is 0. The van der Waals surface area contributed by atoms with Crippen LogP contribution in [0.2, 0.25) is 0 Å². The maximum atomic E-state index is 12.6. The van der Waals surface area contributed by atoms with Crippen molar-refractivity contribution in [2.75, 3.05) is 37.7 Å². The predicted molar refractivity (Wildman–Crippen MR) is 99.1 cm³/mol.